The first kappa shape index (κ1) is 17.5. The van der Waals surface area contributed by atoms with E-state index >= 15 is 0 Å². The van der Waals surface area contributed by atoms with Crippen LogP contribution in [0.3, 0.4) is 0 Å². The number of sulfonamides is 1. The third kappa shape index (κ3) is 6.14. The first-order valence-corrected chi connectivity index (χ1v) is 8.21. The molecule has 0 heterocycles. The number of carbonyl (C=O) groups is 1. The van der Waals surface area contributed by atoms with Gasteiger partial charge in [-0.1, -0.05) is 13.8 Å². The molecule has 118 valence electrons. The second-order valence-electron chi connectivity index (χ2n) is 4.81. The van der Waals surface area contributed by atoms with Gasteiger partial charge in [0.2, 0.25) is 10.0 Å². The molecule has 1 aromatic carbocycles. The molecule has 0 unspecified atom stereocenters. The fourth-order valence-corrected chi connectivity index (χ4v) is 2.63. The number of esters is 1. The van der Waals surface area contributed by atoms with Crippen molar-refractivity contribution in [2.45, 2.75) is 25.7 Å². The molecular formula is C14H21NO5S. The summed E-state index contributed by atoms with van der Waals surface area (Å²) in [5.41, 5.74) is 0. The lowest BCUT2D eigenvalue weighted by Gasteiger charge is -2.10. The average Bonchev–Trinajstić information content (AvgIpc) is 2.44. The van der Waals surface area contributed by atoms with Crippen LogP contribution >= 0.6 is 0 Å². The predicted molar refractivity (Wildman–Crippen MR) is 78.6 cm³/mol. The molecule has 1 rings (SSSR count). The van der Waals surface area contributed by atoms with Crippen LogP contribution in [0, 0.1) is 5.92 Å². The Bertz CT molecular complexity index is 551. The number of hydrogen-bond donors (Lipinski definition) is 1. The Morgan fingerprint density at radius 3 is 2.38 bits per heavy atom. The van der Waals surface area contributed by atoms with Gasteiger partial charge in [0.15, 0.2) is 6.61 Å². The lowest BCUT2D eigenvalue weighted by Crippen LogP contribution is -2.27. The minimum absolute atomic E-state index is 0.159. The molecule has 0 aromatic heterocycles. The summed E-state index contributed by atoms with van der Waals surface area (Å²) in [7, 11) is -3.51. The molecule has 0 saturated heterocycles. The molecule has 6 nitrogen and oxygen atoms in total. The van der Waals surface area contributed by atoms with E-state index in [4.69, 9.17) is 9.47 Å². The van der Waals surface area contributed by atoms with Crippen LogP contribution < -0.4 is 9.46 Å². The Labute approximate surface area is 125 Å². The van der Waals surface area contributed by atoms with Crippen LogP contribution in [0.15, 0.2) is 29.2 Å². The number of rotatable bonds is 8. The maximum Gasteiger partial charge on any atom is 0.344 e. The Morgan fingerprint density at radius 2 is 1.86 bits per heavy atom. The SMILES string of the molecule is CCOC(=O)COc1ccc(S(=O)(=O)NCC(C)C)cc1. The molecule has 0 aliphatic heterocycles. The van der Waals surface area contributed by atoms with E-state index in [2.05, 4.69) is 4.72 Å². The first-order valence-electron chi connectivity index (χ1n) is 6.73. The molecular weight excluding hydrogens is 294 g/mol. The summed E-state index contributed by atoms with van der Waals surface area (Å²) in [6, 6.07) is 5.87. The van der Waals surface area contributed by atoms with Crippen molar-refractivity contribution in [1.82, 2.24) is 4.72 Å². The summed E-state index contributed by atoms with van der Waals surface area (Å²) in [4.78, 5) is 11.3. The molecule has 0 amide bonds. The van der Waals surface area contributed by atoms with Crippen LogP contribution in [0.4, 0.5) is 0 Å². The van der Waals surface area contributed by atoms with Gasteiger partial charge in [-0.25, -0.2) is 17.9 Å². The van der Waals surface area contributed by atoms with Crippen molar-refractivity contribution in [1.29, 1.82) is 0 Å². The lowest BCUT2D eigenvalue weighted by atomic mass is 10.2. The maximum atomic E-state index is 12.0. The van der Waals surface area contributed by atoms with Gasteiger partial charge in [0.05, 0.1) is 11.5 Å². The number of ether oxygens (including phenoxy) is 2. The maximum absolute atomic E-state index is 12.0. The second kappa shape index (κ2) is 7.99. The zero-order valence-corrected chi connectivity index (χ0v) is 13.3. The van der Waals surface area contributed by atoms with E-state index in [9.17, 15) is 13.2 Å². The molecule has 0 spiro atoms. The van der Waals surface area contributed by atoms with E-state index in [1.165, 1.54) is 24.3 Å². The third-order valence-electron chi connectivity index (χ3n) is 2.48. The van der Waals surface area contributed by atoms with Crippen LogP contribution in [0.1, 0.15) is 20.8 Å². The summed E-state index contributed by atoms with van der Waals surface area (Å²) in [6.45, 7) is 6.03. The molecule has 0 aliphatic carbocycles. The Morgan fingerprint density at radius 1 is 1.24 bits per heavy atom. The van der Waals surface area contributed by atoms with Crippen molar-refractivity contribution in [3.05, 3.63) is 24.3 Å². The minimum atomic E-state index is -3.51. The normalized spacial score (nSPS) is 11.4. The summed E-state index contributed by atoms with van der Waals surface area (Å²) >= 11 is 0. The van der Waals surface area contributed by atoms with Gasteiger partial charge in [-0.2, -0.15) is 0 Å². The highest BCUT2D eigenvalue weighted by molar-refractivity contribution is 7.89. The van der Waals surface area contributed by atoms with Gasteiger partial charge >= 0.3 is 5.97 Å². The van der Waals surface area contributed by atoms with Crippen LogP contribution in [0.5, 0.6) is 5.75 Å². The molecule has 0 fully saturated rings. The predicted octanol–water partition coefficient (Wildman–Crippen LogP) is 1.56. The summed E-state index contributed by atoms with van der Waals surface area (Å²) in [5, 5.41) is 0. The molecule has 21 heavy (non-hydrogen) atoms. The van der Waals surface area contributed by atoms with Crippen molar-refractivity contribution in [2.75, 3.05) is 19.8 Å². The van der Waals surface area contributed by atoms with Crippen molar-refractivity contribution in [2.24, 2.45) is 5.92 Å². The molecule has 0 bridgehead atoms. The monoisotopic (exact) mass is 315 g/mol. The first-order chi connectivity index (χ1) is 9.85. The van der Waals surface area contributed by atoms with E-state index in [-0.39, 0.29) is 17.4 Å². The Balaban J connectivity index is 2.63. The van der Waals surface area contributed by atoms with E-state index in [1.54, 1.807) is 6.92 Å². The minimum Gasteiger partial charge on any atom is -0.482 e. The lowest BCUT2D eigenvalue weighted by molar-refractivity contribution is -0.145. The molecule has 1 aromatic rings. The van der Waals surface area contributed by atoms with E-state index in [0.29, 0.717) is 18.9 Å². The summed E-state index contributed by atoms with van der Waals surface area (Å²) < 4.78 is 36.4. The molecule has 0 radical (unpaired) electrons. The fourth-order valence-electron chi connectivity index (χ4n) is 1.42. The number of hydrogen-bond acceptors (Lipinski definition) is 5. The Kier molecular flexibility index (Phi) is 6.64. The van der Waals surface area contributed by atoms with Crippen LogP contribution in [-0.4, -0.2) is 34.1 Å². The van der Waals surface area contributed by atoms with Crippen LogP contribution in [0.25, 0.3) is 0 Å². The van der Waals surface area contributed by atoms with Crippen LogP contribution in [0.2, 0.25) is 0 Å². The van der Waals surface area contributed by atoms with Gasteiger partial charge in [0.25, 0.3) is 0 Å². The molecule has 0 atom stereocenters. The standard InChI is InChI=1S/C14H21NO5S/c1-4-19-14(16)10-20-12-5-7-13(8-6-12)21(17,18)15-9-11(2)3/h5-8,11,15H,4,9-10H2,1-3H3. The molecule has 0 aliphatic rings. The summed E-state index contributed by atoms with van der Waals surface area (Å²) in [6.07, 6.45) is 0. The summed E-state index contributed by atoms with van der Waals surface area (Å²) in [5.74, 6) is 0.172. The molecule has 7 heteroatoms. The van der Waals surface area contributed by atoms with E-state index in [0.717, 1.165) is 0 Å². The molecule has 1 N–H and O–H groups in total. The van der Waals surface area contributed by atoms with Crippen LogP contribution in [-0.2, 0) is 19.6 Å². The highest BCUT2D eigenvalue weighted by Gasteiger charge is 2.14. The zero-order chi connectivity index (χ0) is 15.9. The van der Waals surface area contributed by atoms with Gasteiger partial charge < -0.3 is 9.47 Å². The smallest absolute Gasteiger partial charge is 0.344 e. The quantitative estimate of drug-likeness (QED) is 0.736. The van der Waals surface area contributed by atoms with Crippen molar-refractivity contribution in [3.63, 3.8) is 0 Å². The van der Waals surface area contributed by atoms with Gasteiger partial charge in [0, 0.05) is 6.54 Å². The van der Waals surface area contributed by atoms with E-state index in [1.807, 2.05) is 13.8 Å². The fraction of sp³-hybridized carbons (Fsp3) is 0.500. The largest absolute Gasteiger partial charge is 0.482 e. The second-order valence-corrected chi connectivity index (χ2v) is 6.58. The highest BCUT2D eigenvalue weighted by atomic mass is 32.2. The third-order valence-corrected chi connectivity index (χ3v) is 3.92. The zero-order valence-electron chi connectivity index (χ0n) is 12.5. The number of nitrogens with one attached hydrogen (secondary N) is 1. The van der Waals surface area contributed by atoms with Gasteiger partial charge in [-0.15, -0.1) is 0 Å². The topological polar surface area (TPSA) is 81.7 Å². The Hall–Kier alpha value is -1.60. The highest BCUT2D eigenvalue weighted by Crippen LogP contribution is 2.16. The van der Waals surface area contributed by atoms with Crippen molar-refractivity contribution >= 4 is 16.0 Å². The van der Waals surface area contributed by atoms with Gasteiger partial charge in [-0.05, 0) is 37.1 Å². The van der Waals surface area contributed by atoms with Crippen molar-refractivity contribution in [3.8, 4) is 5.75 Å². The van der Waals surface area contributed by atoms with Gasteiger partial charge in [0.1, 0.15) is 5.75 Å². The van der Waals surface area contributed by atoms with Crippen molar-refractivity contribution < 1.29 is 22.7 Å². The number of benzene rings is 1. The van der Waals surface area contributed by atoms with E-state index < -0.39 is 16.0 Å². The van der Waals surface area contributed by atoms with Gasteiger partial charge in [-0.3, -0.25) is 0 Å². The number of carbonyl (C=O) groups excluding carboxylic acids is 1. The average molecular weight is 315 g/mol. The molecule has 0 saturated carbocycles.